The summed E-state index contributed by atoms with van der Waals surface area (Å²) in [6.45, 7) is 0. The lowest BCUT2D eigenvalue weighted by atomic mass is 10.3. The van der Waals surface area contributed by atoms with Gasteiger partial charge in [0.05, 0.1) is 10.7 Å². The van der Waals surface area contributed by atoms with Crippen molar-refractivity contribution in [2.24, 2.45) is 0 Å². The van der Waals surface area contributed by atoms with Crippen LogP contribution < -0.4 is 5.32 Å². The van der Waals surface area contributed by atoms with Crippen molar-refractivity contribution < 1.29 is 9.90 Å². The highest BCUT2D eigenvalue weighted by Crippen LogP contribution is 2.23. The molecule has 0 saturated carbocycles. The first-order valence-corrected chi connectivity index (χ1v) is 6.45. The van der Waals surface area contributed by atoms with Crippen LogP contribution in [0, 0.1) is 3.57 Å². The Morgan fingerprint density at radius 1 is 1.28 bits per heavy atom. The van der Waals surface area contributed by atoms with Crippen LogP contribution >= 0.6 is 34.2 Å². The Kier molecular flexibility index (Phi) is 4.03. The van der Waals surface area contributed by atoms with Gasteiger partial charge in [0, 0.05) is 3.57 Å². The number of benzene rings is 1. The van der Waals surface area contributed by atoms with E-state index in [1.807, 2.05) is 24.3 Å². The maximum Gasteiger partial charge on any atom is 0.356 e. The number of nitrogens with zero attached hydrogens (tertiary/aromatic N) is 1. The number of aromatic carboxylic acids is 1. The van der Waals surface area contributed by atoms with Gasteiger partial charge in [-0.15, -0.1) is 0 Å². The number of hydrogen-bond donors (Lipinski definition) is 2. The highest BCUT2D eigenvalue weighted by atomic mass is 127. The van der Waals surface area contributed by atoms with E-state index in [0.717, 1.165) is 9.26 Å². The molecule has 0 aliphatic carbocycles. The molecule has 0 aliphatic heterocycles. The lowest BCUT2D eigenvalue weighted by molar-refractivity contribution is 0.0691. The lowest BCUT2D eigenvalue weighted by Crippen LogP contribution is -2.04. The average molecular weight is 375 g/mol. The summed E-state index contributed by atoms with van der Waals surface area (Å²) >= 11 is 7.94. The summed E-state index contributed by atoms with van der Waals surface area (Å²) in [4.78, 5) is 14.9. The highest BCUT2D eigenvalue weighted by Gasteiger charge is 2.11. The fourth-order valence-corrected chi connectivity index (χ4v) is 2.07. The summed E-state index contributed by atoms with van der Waals surface area (Å²) in [7, 11) is 0. The molecule has 0 atom stereocenters. The number of aromatic nitrogens is 1. The molecule has 0 spiro atoms. The van der Waals surface area contributed by atoms with Crippen LogP contribution in [0.2, 0.25) is 5.02 Å². The maximum atomic E-state index is 10.9. The van der Waals surface area contributed by atoms with Crippen LogP contribution in [0.4, 0.5) is 11.5 Å². The van der Waals surface area contributed by atoms with Crippen LogP contribution in [-0.4, -0.2) is 16.1 Å². The van der Waals surface area contributed by atoms with Gasteiger partial charge in [-0.25, -0.2) is 9.78 Å². The Morgan fingerprint density at radius 3 is 2.67 bits per heavy atom. The van der Waals surface area contributed by atoms with E-state index in [0.29, 0.717) is 5.82 Å². The number of rotatable bonds is 3. The summed E-state index contributed by atoms with van der Waals surface area (Å²) in [5.41, 5.74) is 0.705. The summed E-state index contributed by atoms with van der Waals surface area (Å²) in [6, 6.07) is 10.8. The SMILES string of the molecule is O=C(O)c1nc(Nc2ccccc2I)ccc1Cl. The Bertz CT molecular complexity index is 604. The smallest absolute Gasteiger partial charge is 0.356 e. The van der Waals surface area contributed by atoms with Crippen molar-refractivity contribution in [3.63, 3.8) is 0 Å². The van der Waals surface area contributed by atoms with E-state index in [4.69, 9.17) is 16.7 Å². The summed E-state index contributed by atoms with van der Waals surface area (Å²) in [6.07, 6.45) is 0. The van der Waals surface area contributed by atoms with Gasteiger partial charge in [-0.2, -0.15) is 0 Å². The summed E-state index contributed by atoms with van der Waals surface area (Å²) in [5, 5.41) is 12.1. The van der Waals surface area contributed by atoms with Crippen molar-refractivity contribution in [2.75, 3.05) is 5.32 Å². The van der Waals surface area contributed by atoms with Crippen molar-refractivity contribution >= 4 is 51.7 Å². The summed E-state index contributed by atoms with van der Waals surface area (Å²) in [5.74, 6) is -0.702. The van der Waals surface area contributed by atoms with E-state index in [1.165, 1.54) is 6.07 Å². The molecule has 0 radical (unpaired) electrons. The van der Waals surface area contributed by atoms with Crippen molar-refractivity contribution in [1.29, 1.82) is 0 Å². The number of para-hydroxylation sites is 1. The van der Waals surface area contributed by atoms with Gasteiger partial charge in [0.2, 0.25) is 0 Å². The number of pyridine rings is 1. The highest BCUT2D eigenvalue weighted by molar-refractivity contribution is 14.1. The van der Waals surface area contributed by atoms with Crippen LogP contribution in [0.15, 0.2) is 36.4 Å². The molecule has 2 N–H and O–H groups in total. The van der Waals surface area contributed by atoms with Gasteiger partial charge < -0.3 is 10.4 Å². The Balaban J connectivity index is 2.33. The molecule has 4 nitrogen and oxygen atoms in total. The second-order valence-corrected chi connectivity index (χ2v) is 5.01. The predicted octanol–water partition coefficient (Wildman–Crippen LogP) is 3.78. The van der Waals surface area contributed by atoms with Gasteiger partial charge in [-0.3, -0.25) is 0 Å². The van der Waals surface area contributed by atoms with Gasteiger partial charge in [0.1, 0.15) is 5.82 Å². The zero-order chi connectivity index (χ0) is 13.1. The van der Waals surface area contributed by atoms with Crippen molar-refractivity contribution in [1.82, 2.24) is 4.98 Å². The third-order valence-corrected chi connectivity index (χ3v) is 3.43. The molecule has 92 valence electrons. The molecule has 1 heterocycles. The molecule has 1 aromatic heterocycles. The lowest BCUT2D eigenvalue weighted by Gasteiger charge is -2.08. The van der Waals surface area contributed by atoms with Crippen LogP contribution in [-0.2, 0) is 0 Å². The number of halogens is 2. The van der Waals surface area contributed by atoms with Crippen LogP contribution in [0.25, 0.3) is 0 Å². The quantitative estimate of drug-likeness (QED) is 0.803. The molecule has 1 aromatic carbocycles. The first-order valence-electron chi connectivity index (χ1n) is 4.99. The molecule has 6 heteroatoms. The van der Waals surface area contributed by atoms with Gasteiger partial charge in [0.15, 0.2) is 5.69 Å². The second-order valence-electron chi connectivity index (χ2n) is 3.44. The molecule has 0 bridgehead atoms. The number of hydrogen-bond acceptors (Lipinski definition) is 3. The van der Waals surface area contributed by atoms with Crippen molar-refractivity contribution in [2.45, 2.75) is 0 Å². The first-order chi connectivity index (χ1) is 8.58. The number of nitrogens with one attached hydrogen (secondary N) is 1. The third-order valence-electron chi connectivity index (χ3n) is 2.19. The normalized spacial score (nSPS) is 10.1. The Hall–Kier alpha value is -1.34. The first kappa shape index (κ1) is 13.1. The zero-order valence-corrected chi connectivity index (χ0v) is 11.9. The third kappa shape index (κ3) is 2.91. The number of anilines is 2. The molecule has 0 saturated heterocycles. The van der Waals surface area contributed by atoms with Gasteiger partial charge in [-0.05, 0) is 46.9 Å². The summed E-state index contributed by atoms with van der Waals surface area (Å²) < 4.78 is 1.02. The standard InChI is InChI=1S/C12H8ClIN2O2/c13-7-5-6-10(16-11(7)12(17)18)15-9-4-2-1-3-8(9)14/h1-6H,(H,15,16)(H,17,18). The van der Waals surface area contributed by atoms with E-state index < -0.39 is 5.97 Å². The number of carboxylic acids is 1. The second kappa shape index (κ2) is 5.53. The minimum atomic E-state index is -1.15. The van der Waals surface area contributed by atoms with Gasteiger partial charge >= 0.3 is 5.97 Å². The molecule has 0 aliphatic rings. The molecule has 0 unspecified atom stereocenters. The van der Waals surface area contributed by atoms with Crippen molar-refractivity contribution in [3.05, 3.63) is 50.7 Å². The van der Waals surface area contributed by atoms with Crippen LogP contribution in [0.3, 0.4) is 0 Å². The Labute approximate surface area is 122 Å². The maximum absolute atomic E-state index is 10.9. The molecule has 2 aromatic rings. The zero-order valence-electron chi connectivity index (χ0n) is 9.02. The van der Waals surface area contributed by atoms with Crippen LogP contribution in [0.5, 0.6) is 0 Å². The monoisotopic (exact) mass is 374 g/mol. The largest absolute Gasteiger partial charge is 0.476 e. The minimum Gasteiger partial charge on any atom is -0.476 e. The van der Waals surface area contributed by atoms with Gasteiger partial charge in [0.25, 0.3) is 0 Å². The fourth-order valence-electron chi connectivity index (χ4n) is 1.36. The average Bonchev–Trinajstić information content (AvgIpc) is 2.34. The molecular weight excluding hydrogens is 367 g/mol. The minimum absolute atomic E-state index is 0.121. The van der Waals surface area contributed by atoms with E-state index >= 15 is 0 Å². The van der Waals surface area contributed by atoms with E-state index in [9.17, 15) is 4.79 Å². The molecule has 0 fully saturated rings. The van der Waals surface area contributed by atoms with E-state index in [1.54, 1.807) is 6.07 Å². The number of carboxylic acid groups (broad SMARTS) is 1. The molecule has 18 heavy (non-hydrogen) atoms. The predicted molar refractivity (Wildman–Crippen MR) is 78.6 cm³/mol. The van der Waals surface area contributed by atoms with E-state index in [-0.39, 0.29) is 10.7 Å². The van der Waals surface area contributed by atoms with Gasteiger partial charge in [-0.1, -0.05) is 23.7 Å². The number of carbonyl (C=O) groups is 1. The van der Waals surface area contributed by atoms with Crippen molar-refractivity contribution in [3.8, 4) is 0 Å². The van der Waals surface area contributed by atoms with Crippen LogP contribution in [0.1, 0.15) is 10.5 Å². The molecule has 2 rings (SSSR count). The fraction of sp³-hybridized carbons (Fsp3) is 0. The van der Waals surface area contributed by atoms with E-state index in [2.05, 4.69) is 32.9 Å². The molecular formula is C12H8ClIN2O2. The molecule has 0 amide bonds. The Morgan fingerprint density at radius 2 is 2.00 bits per heavy atom. The topological polar surface area (TPSA) is 62.2 Å².